The summed E-state index contributed by atoms with van der Waals surface area (Å²) in [5.74, 6) is 0. The van der Waals surface area contributed by atoms with Crippen LogP contribution in [0.2, 0.25) is 0 Å². The molecule has 0 fully saturated rings. The van der Waals surface area contributed by atoms with Gasteiger partial charge in [-0.05, 0) is 25.5 Å². The topological polar surface area (TPSA) is 56.7 Å². The molecule has 1 aromatic heterocycles. The van der Waals surface area contributed by atoms with Gasteiger partial charge < -0.3 is 5.73 Å². The van der Waals surface area contributed by atoms with Crippen molar-refractivity contribution < 1.29 is 0 Å². The number of hydrogen-bond donors (Lipinski definition) is 1. The molecule has 0 aliphatic carbocycles. The summed E-state index contributed by atoms with van der Waals surface area (Å²) in [5, 5.41) is 8.20. The zero-order valence-corrected chi connectivity index (χ0v) is 9.64. The fourth-order valence-electron chi connectivity index (χ4n) is 1.68. The first-order valence-electron chi connectivity index (χ1n) is 5.38. The number of rotatable bonds is 3. The minimum atomic E-state index is 0.579. The highest BCUT2D eigenvalue weighted by molar-refractivity contribution is 5.63. The Bertz CT molecular complexity index is 488. The van der Waals surface area contributed by atoms with E-state index >= 15 is 0 Å². The van der Waals surface area contributed by atoms with Gasteiger partial charge >= 0.3 is 0 Å². The van der Waals surface area contributed by atoms with Crippen LogP contribution >= 0.6 is 0 Å². The van der Waals surface area contributed by atoms with Gasteiger partial charge in [-0.1, -0.05) is 22.9 Å². The molecule has 4 nitrogen and oxygen atoms in total. The summed E-state index contributed by atoms with van der Waals surface area (Å²) in [6.07, 6.45) is 1.94. The predicted molar refractivity (Wildman–Crippen MR) is 64.0 cm³/mol. The summed E-state index contributed by atoms with van der Waals surface area (Å²) in [6, 6.07) is 6.34. The minimum absolute atomic E-state index is 0.579. The Hall–Kier alpha value is -1.68. The van der Waals surface area contributed by atoms with E-state index in [0.29, 0.717) is 13.1 Å². The third-order valence-electron chi connectivity index (χ3n) is 2.57. The second-order valence-electron chi connectivity index (χ2n) is 3.97. The molecule has 0 aliphatic heterocycles. The molecule has 0 amide bonds. The van der Waals surface area contributed by atoms with E-state index in [1.54, 1.807) is 4.68 Å². The lowest BCUT2D eigenvalue weighted by Gasteiger charge is -2.02. The van der Waals surface area contributed by atoms with Crippen LogP contribution in [0.25, 0.3) is 11.3 Å². The van der Waals surface area contributed by atoms with E-state index in [-0.39, 0.29) is 0 Å². The number of nitrogens with two attached hydrogens (primary N) is 1. The average molecular weight is 216 g/mol. The van der Waals surface area contributed by atoms with Gasteiger partial charge in [0.25, 0.3) is 0 Å². The number of hydrogen-bond acceptors (Lipinski definition) is 3. The Balaban J connectivity index is 2.38. The van der Waals surface area contributed by atoms with Crippen molar-refractivity contribution >= 4 is 0 Å². The molecular formula is C12H16N4. The molecule has 16 heavy (non-hydrogen) atoms. The van der Waals surface area contributed by atoms with Crippen LogP contribution in [-0.4, -0.2) is 21.5 Å². The summed E-state index contributed by atoms with van der Waals surface area (Å²) in [4.78, 5) is 0. The van der Waals surface area contributed by atoms with Crippen LogP contribution in [0.3, 0.4) is 0 Å². The van der Waals surface area contributed by atoms with E-state index in [4.69, 9.17) is 5.73 Å². The maximum absolute atomic E-state index is 5.47. The van der Waals surface area contributed by atoms with E-state index in [0.717, 1.165) is 11.3 Å². The molecule has 0 bridgehead atoms. The molecule has 1 heterocycles. The first-order chi connectivity index (χ1) is 7.70. The maximum atomic E-state index is 5.47. The van der Waals surface area contributed by atoms with Crippen molar-refractivity contribution in [3.05, 3.63) is 35.5 Å². The number of aryl methyl sites for hydroxylation is 2. The Kier molecular flexibility index (Phi) is 3.01. The quantitative estimate of drug-likeness (QED) is 0.846. The molecule has 0 spiro atoms. The van der Waals surface area contributed by atoms with Crippen LogP contribution < -0.4 is 5.73 Å². The number of aromatic nitrogens is 3. The van der Waals surface area contributed by atoms with E-state index in [1.807, 2.05) is 6.20 Å². The zero-order valence-electron chi connectivity index (χ0n) is 9.64. The molecule has 0 atom stereocenters. The highest BCUT2D eigenvalue weighted by Crippen LogP contribution is 2.21. The highest BCUT2D eigenvalue weighted by Gasteiger charge is 2.06. The van der Waals surface area contributed by atoms with E-state index in [9.17, 15) is 0 Å². The lowest BCUT2D eigenvalue weighted by Crippen LogP contribution is -2.10. The molecule has 1 aromatic carbocycles. The first-order valence-corrected chi connectivity index (χ1v) is 5.38. The van der Waals surface area contributed by atoms with Crippen molar-refractivity contribution in [2.45, 2.75) is 20.4 Å². The van der Waals surface area contributed by atoms with Crippen molar-refractivity contribution in [3.63, 3.8) is 0 Å². The Morgan fingerprint density at radius 1 is 1.31 bits per heavy atom. The second-order valence-corrected chi connectivity index (χ2v) is 3.97. The normalized spacial score (nSPS) is 10.7. The highest BCUT2D eigenvalue weighted by atomic mass is 15.4. The van der Waals surface area contributed by atoms with Crippen molar-refractivity contribution in [1.82, 2.24) is 15.0 Å². The molecule has 2 rings (SSSR count). The van der Waals surface area contributed by atoms with Gasteiger partial charge in [0.15, 0.2) is 0 Å². The number of benzene rings is 1. The first kappa shape index (κ1) is 10.8. The van der Waals surface area contributed by atoms with E-state index in [1.165, 1.54) is 11.1 Å². The van der Waals surface area contributed by atoms with Gasteiger partial charge in [-0.2, -0.15) is 0 Å². The largest absolute Gasteiger partial charge is 0.329 e. The minimum Gasteiger partial charge on any atom is -0.329 e. The van der Waals surface area contributed by atoms with Gasteiger partial charge in [0.1, 0.15) is 5.69 Å². The summed E-state index contributed by atoms with van der Waals surface area (Å²) < 4.78 is 1.77. The summed E-state index contributed by atoms with van der Waals surface area (Å²) in [6.45, 7) is 5.44. The monoisotopic (exact) mass is 216 g/mol. The molecule has 4 heteroatoms. The Morgan fingerprint density at radius 3 is 2.88 bits per heavy atom. The van der Waals surface area contributed by atoms with E-state index in [2.05, 4.69) is 42.4 Å². The molecule has 0 unspecified atom stereocenters. The van der Waals surface area contributed by atoms with Crippen LogP contribution in [0, 0.1) is 13.8 Å². The summed E-state index contributed by atoms with van der Waals surface area (Å²) in [5.41, 5.74) is 9.97. The maximum Gasteiger partial charge on any atom is 0.113 e. The van der Waals surface area contributed by atoms with Crippen LogP contribution in [0.4, 0.5) is 0 Å². The van der Waals surface area contributed by atoms with Crippen molar-refractivity contribution in [2.24, 2.45) is 5.73 Å². The van der Waals surface area contributed by atoms with Crippen molar-refractivity contribution in [2.75, 3.05) is 6.54 Å². The van der Waals surface area contributed by atoms with Crippen LogP contribution in [0.15, 0.2) is 24.4 Å². The predicted octanol–water partition coefficient (Wildman–Crippen LogP) is 1.52. The van der Waals surface area contributed by atoms with Gasteiger partial charge in [-0.15, -0.1) is 5.10 Å². The third kappa shape index (κ3) is 2.12. The molecular weight excluding hydrogens is 200 g/mol. The molecule has 0 aliphatic rings. The van der Waals surface area contributed by atoms with Crippen LogP contribution in [0.5, 0.6) is 0 Å². The second kappa shape index (κ2) is 4.45. The molecule has 2 aromatic rings. The average Bonchev–Trinajstić information content (AvgIpc) is 2.71. The van der Waals surface area contributed by atoms with E-state index < -0.39 is 0 Å². The molecule has 0 saturated heterocycles. The Labute approximate surface area is 95.1 Å². The van der Waals surface area contributed by atoms with Gasteiger partial charge in [0.2, 0.25) is 0 Å². The summed E-state index contributed by atoms with van der Waals surface area (Å²) in [7, 11) is 0. The SMILES string of the molecule is Cc1ccc(C)c(-c2cn(CCN)nn2)c1. The lowest BCUT2D eigenvalue weighted by molar-refractivity contribution is 0.598. The summed E-state index contributed by atoms with van der Waals surface area (Å²) >= 11 is 0. The lowest BCUT2D eigenvalue weighted by atomic mass is 10.0. The number of nitrogens with zero attached hydrogens (tertiary/aromatic N) is 3. The van der Waals surface area contributed by atoms with Crippen molar-refractivity contribution in [1.29, 1.82) is 0 Å². The molecule has 2 N–H and O–H groups in total. The van der Waals surface area contributed by atoms with Gasteiger partial charge in [0, 0.05) is 12.1 Å². The Morgan fingerprint density at radius 2 is 2.12 bits per heavy atom. The molecule has 84 valence electrons. The molecule has 0 saturated carbocycles. The standard InChI is InChI=1S/C12H16N4/c1-9-3-4-10(2)11(7-9)12-8-16(6-5-13)15-14-12/h3-4,7-8H,5-6,13H2,1-2H3. The fraction of sp³-hybridized carbons (Fsp3) is 0.333. The van der Waals surface area contributed by atoms with Crippen molar-refractivity contribution in [3.8, 4) is 11.3 Å². The third-order valence-corrected chi connectivity index (χ3v) is 2.57. The fourth-order valence-corrected chi connectivity index (χ4v) is 1.68. The zero-order chi connectivity index (χ0) is 11.5. The van der Waals surface area contributed by atoms with Crippen LogP contribution in [0.1, 0.15) is 11.1 Å². The van der Waals surface area contributed by atoms with Gasteiger partial charge in [-0.25, -0.2) is 0 Å². The van der Waals surface area contributed by atoms with Gasteiger partial charge in [0.05, 0.1) is 12.7 Å². The van der Waals surface area contributed by atoms with Crippen LogP contribution in [-0.2, 0) is 6.54 Å². The smallest absolute Gasteiger partial charge is 0.113 e. The molecule has 0 radical (unpaired) electrons. The van der Waals surface area contributed by atoms with Gasteiger partial charge in [-0.3, -0.25) is 4.68 Å².